The number of ether oxygens (including phenoxy) is 1. The van der Waals surface area contributed by atoms with Gasteiger partial charge in [-0.15, -0.1) is 10.2 Å². The van der Waals surface area contributed by atoms with Crippen molar-refractivity contribution in [1.29, 1.82) is 0 Å². The minimum Gasteiger partial charge on any atom is -0.478 e. The first-order chi connectivity index (χ1) is 9.20. The Morgan fingerprint density at radius 3 is 2.95 bits per heavy atom. The molecule has 2 aromatic heterocycles. The normalized spacial score (nSPS) is 12.2. The molecule has 2 rings (SSSR count). The minimum absolute atomic E-state index is 0.00132. The predicted molar refractivity (Wildman–Crippen MR) is 70.9 cm³/mol. The summed E-state index contributed by atoms with van der Waals surface area (Å²) in [7, 11) is 1.91. The number of hydrogen-bond acceptors (Lipinski definition) is 6. The highest BCUT2D eigenvalue weighted by atomic mass is 16.5. The van der Waals surface area contributed by atoms with Gasteiger partial charge in [-0.05, 0) is 13.3 Å². The molecule has 19 heavy (non-hydrogen) atoms. The van der Waals surface area contributed by atoms with Crippen molar-refractivity contribution >= 4 is 5.82 Å². The van der Waals surface area contributed by atoms with Crippen LogP contribution < -0.4 is 10.1 Å². The molecule has 0 saturated heterocycles. The van der Waals surface area contributed by atoms with Crippen LogP contribution in [0.4, 0.5) is 5.82 Å². The first-order valence-corrected chi connectivity index (χ1v) is 6.26. The fraction of sp³-hybridized carbons (Fsp3) is 0.500. The van der Waals surface area contributed by atoms with Gasteiger partial charge in [-0.3, -0.25) is 0 Å². The molecule has 102 valence electrons. The largest absolute Gasteiger partial charge is 0.478 e. The van der Waals surface area contributed by atoms with E-state index in [-0.39, 0.29) is 6.04 Å². The molecule has 1 unspecified atom stereocenters. The van der Waals surface area contributed by atoms with E-state index in [9.17, 15) is 0 Å². The molecule has 7 heteroatoms. The summed E-state index contributed by atoms with van der Waals surface area (Å²) in [5, 5.41) is 11.2. The van der Waals surface area contributed by atoms with Gasteiger partial charge in [0.25, 0.3) is 0 Å². The van der Waals surface area contributed by atoms with E-state index in [1.807, 2.05) is 18.5 Å². The van der Waals surface area contributed by atoms with E-state index in [1.165, 1.54) is 6.33 Å². The molecule has 0 aliphatic rings. The third-order valence-corrected chi connectivity index (χ3v) is 2.59. The molecule has 1 N–H and O–H groups in total. The first-order valence-electron chi connectivity index (χ1n) is 6.26. The second-order valence-electron chi connectivity index (χ2n) is 4.26. The van der Waals surface area contributed by atoms with Gasteiger partial charge < -0.3 is 14.6 Å². The third kappa shape index (κ3) is 3.40. The molecule has 0 radical (unpaired) electrons. The van der Waals surface area contributed by atoms with E-state index in [4.69, 9.17) is 4.74 Å². The van der Waals surface area contributed by atoms with Crippen molar-refractivity contribution < 1.29 is 4.74 Å². The van der Waals surface area contributed by atoms with Crippen LogP contribution >= 0.6 is 0 Å². The fourth-order valence-electron chi connectivity index (χ4n) is 1.67. The number of nitrogens with zero attached hydrogens (tertiary/aromatic N) is 5. The maximum absolute atomic E-state index is 5.47. The van der Waals surface area contributed by atoms with Crippen molar-refractivity contribution in [3.8, 4) is 5.88 Å². The summed E-state index contributed by atoms with van der Waals surface area (Å²) in [5.74, 6) is 2.12. The highest BCUT2D eigenvalue weighted by Gasteiger charge is 2.12. The van der Waals surface area contributed by atoms with Crippen molar-refractivity contribution in [2.45, 2.75) is 26.3 Å². The number of aryl methyl sites for hydroxylation is 1. The molecule has 0 aliphatic heterocycles. The molecular weight excluding hydrogens is 244 g/mol. The van der Waals surface area contributed by atoms with E-state index in [0.29, 0.717) is 18.3 Å². The molecule has 0 spiro atoms. The number of anilines is 1. The van der Waals surface area contributed by atoms with Crippen LogP contribution in [0.1, 0.15) is 32.1 Å². The van der Waals surface area contributed by atoms with Crippen LogP contribution in [0.2, 0.25) is 0 Å². The van der Waals surface area contributed by atoms with Gasteiger partial charge in [-0.2, -0.15) is 0 Å². The van der Waals surface area contributed by atoms with Crippen LogP contribution in [0.3, 0.4) is 0 Å². The Bertz CT molecular complexity index is 526. The van der Waals surface area contributed by atoms with Crippen LogP contribution in [0, 0.1) is 0 Å². The van der Waals surface area contributed by atoms with Crippen LogP contribution in [0.5, 0.6) is 5.88 Å². The van der Waals surface area contributed by atoms with Crippen molar-refractivity contribution in [2.24, 2.45) is 7.05 Å². The second kappa shape index (κ2) is 6.12. The van der Waals surface area contributed by atoms with Gasteiger partial charge >= 0.3 is 0 Å². The second-order valence-corrected chi connectivity index (χ2v) is 4.26. The summed E-state index contributed by atoms with van der Waals surface area (Å²) in [5.41, 5.74) is 0. The Kier molecular flexibility index (Phi) is 4.27. The average Bonchev–Trinajstić information content (AvgIpc) is 2.83. The van der Waals surface area contributed by atoms with Gasteiger partial charge in [0.05, 0.1) is 12.6 Å². The summed E-state index contributed by atoms with van der Waals surface area (Å²) < 4.78 is 7.34. The zero-order valence-corrected chi connectivity index (χ0v) is 11.4. The summed E-state index contributed by atoms with van der Waals surface area (Å²) in [6.07, 6.45) is 4.10. The topological polar surface area (TPSA) is 77.8 Å². The monoisotopic (exact) mass is 262 g/mol. The molecule has 0 aliphatic carbocycles. The van der Waals surface area contributed by atoms with Crippen LogP contribution in [0.25, 0.3) is 0 Å². The Labute approximate surface area is 112 Å². The van der Waals surface area contributed by atoms with E-state index in [1.54, 1.807) is 12.4 Å². The smallest absolute Gasteiger partial charge is 0.218 e. The van der Waals surface area contributed by atoms with Gasteiger partial charge in [-0.25, -0.2) is 9.97 Å². The standard InChI is InChI=1S/C12H18N6O/c1-4-5-19-11-6-10(13-7-14-11)16-9(2)12-17-15-8-18(12)3/h6-9H,4-5H2,1-3H3,(H,13,14,16). The zero-order valence-electron chi connectivity index (χ0n) is 11.4. The number of rotatable bonds is 6. The molecule has 7 nitrogen and oxygen atoms in total. The average molecular weight is 262 g/mol. The van der Waals surface area contributed by atoms with Gasteiger partial charge in [-0.1, -0.05) is 6.92 Å². The Balaban J connectivity index is 2.04. The maximum Gasteiger partial charge on any atom is 0.218 e. The summed E-state index contributed by atoms with van der Waals surface area (Å²) in [6, 6.07) is 1.78. The number of nitrogens with one attached hydrogen (secondary N) is 1. The van der Waals surface area contributed by atoms with Gasteiger partial charge in [0.2, 0.25) is 5.88 Å². The van der Waals surface area contributed by atoms with Gasteiger partial charge in [0.1, 0.15) is 18.5 Å². The highest BCUT2D eigenvalue weighted by Crippen LogP contribution is 2.17. The lowest BCUT2D eigenvalue weighted by atomic mass is 10.3. The van der Waals surface area contributed by atoms with Crippen molar-refractivity contribution in [1.82, 2.24) is 24.7 Å². The molecule has 0 amide bonds. The fourth-order valence-corrected chi connectivity index (χ4v) is 1.67. The van der Waals surface area contributed by atoms with E-state index in [0.717, 1.165) is 12.2 Å². The molecule has 2 aromatic rings. The minimum atomic E-state index is 0.00132. The van der Waals surface area contributed by atoms with E-state index < -0.39 is 0 Å². The molecule has 2 heterocycles. The summed E-state index contributed by atoms with van der Waals surface area (Å²) in [4.78, 5) is 8.23. The molecule has 0 saturated carbocycles. The molecule has 0 aromatic carbocycles. The van der Waals surface area contributed by atoms with E-state index in [2.05, 4.69) is 32.4 Å². The Hall–Kier alpha value is -2.18. The molecule has 1 atom stereocenters. The van der Waals surface area contributed by atoms with Crippen LogP contribution in [0.15, 0.2) is 18.7 Å². The zero-order chi connectivity index (χ0) is 13.7. The maximum atomic E-state index is 5.47. The van der Waals surface area contributed by atoms with Crippen molar-refractivity contribution in [2.75, 3.05) is 11.9 Å². The predicted octanol–water partition coefficient (Wildman–Crippen LogP) is 1.57. The van der Waals surface area contributed by atoms with Crippen molar-refractivity contribution in [3.63, 3.8) is 0 Å². The Morgan fingerprint density at radius 1 is 1.42 bits per heavy atom. The van der Waals surface area contributed by atoms with E-state index >= 15 is 0 Å². The van der Waals surface area contributed by atoms with Gasteiger partial charge in [0.15, 0.2) is 5.82 Å². The third-order valence-electron chi connectivity index (χ3n) is 2.59. The SMILES string of the molecule is CCCOc1cc(NC(C)c2nncn2C)ncn1. The van der Waals surface area contributed by atoms with Crippen molar-refractivity contribution in [3.05, 3.63) is 24.5 Å². The molecule has 0 fully saturated rings. The first kappa shape index (κ1) is 13.3. The Morgan fingerprint density at radius 2 is 2.26 bits per heavy atom. The highest BCUT2D eigenvalue weighted by molar-refractivity contribution is 5.38. The lowest BCUT2D eigenvalue weighted by molar-refractivity contribution is 0.305. The lowest BCUT2D eigenvalue weighted by Gasteiger charge is -2.13. The van der Waals surface area contributed by atoms with Gasteiger partial charge in [0, 0.05) is 13.1 Å². The quantitative estimate of drug-likeness (QED) is 0.851. The molecular formula is C12H18N6O. The van der Waals surface area contributed by atoms with Crippen LogP contribution in [-0.2, 0) is 7.05 Å². The summed E-state index contributed by atoms with van der Waals surface area (Å²) in [6.45, 7) is 4.70. The number of aromatic nitrogens is 5. The van der Waals surface area contributed by atoms with Crippen LogP contribution in [-0.4, -0.2) is 31.3 Å². The summed E-state index contributed by atoms with van der Waals surface area (Å²) >= 11 is 0. The molecule has 0 bridgehead atoms. The number of hydrogen-bond donors (Lipinski definition) is 1. The lowest BCUT2D eigenvalue weighted by Crippen LogP contribution is -2.13.